The number of rotatable bonds is 1. The largest absolute Gasteiger partial charge is 0.399 e. The molecule has 0 spiro atoms. The van der Waals surface area contributed by atoms with Crippen LogP contribution in [-0.4, -0.2) is 16.8 Å². The topological polar surface area (TPSA) is 76.3 Å². The van der Waals surface area contributed by atoms with Gasteiger partial charge in [0.2, 0.25) is 0 Å². The number of aromatic nitrogens is 1. The van der Waals surface area contributed by atoms with E-state index >= 15 is 0 Å². The summed E-state index contributed by atoms with van der Waals surface area (Å²) < 4.78 is 0. The third kappa shape index (κ3) is 1.37. The number of carbonyl (C=O) groups excluding carboxylic acids is 2. The zero-order chi connectivity index (χ0) is 12.7. The van der Waals surface area contributed by atoms with Crippen molar-refractivity contribution < 1.29 is 9.59 Å². The third-order valence-electron chi connectivity index (χ3n) is 2.80. The number of nitrogens with two attached hydrogens (primary N) is 1. The van der Waals surface area contributed by atoms with Gasteiger partial charge in [0.05, 0.1) is 11.3 Å². The predicted octanol–water partition coefficient (Wildman–Crippen LogP) is 1.46. The van der Waals surface area contributed by atoms with Crippen LogP contribution >= 0.6 is 0 Å². The summed E-state index contributed by atoms with van der Waals surface area (Å²) in [7, 11) is 0. The highest BCUT2D eigenvalue weighted by molar-refractivity contribution is 6.33. The Morgan fingerprint density at radius 2 is 1.72 bits per heavy atom. The second-order valence-corrected chi connectivity index (χ2v) is 3.94. The highest BCUT2D eigenvalue weighted by Crippen LogP contribution is 2.27. The van der Waals surface area contributed by atoms with Gasteiger partial charge in [0.1, 0.15) is 5.69 Å². The Morgan fingerprint density at radius 1 is 1.00 bits per heavy atom. The van der Waals surface area contributed by atoms with E-state index in [1.54, 1.807) is 36.4 Å². The lowest BCUT2D eigenvalue weighted by molar-refractivity contribution is 0.0924. The molecule has 2 heterocycles. The van der Waals surface area contributed by atoms with Gasteiger partial charge in [-0.1, -0.05) is 0 Å². The first-order valence-corrected chi connectivity index (χ1v) is 5.38. The molecular weight excluding hydrogens is 230 g/mol. The Bertz CT molecular complexity index is 615. The summed E-state index contributed by atoms with van der Waals surface area (Å²) in [6.07, 6.45) is 1.50. The number of amides is 2. The minimum Gasteiger partial charge on any atom is -0.399 e. The number of fused-ring (bicyclic) bond motifs is 1. The first-order valence-electron chi connectivity index (χ1n) is 5.38. The molecule has 0 aliphatic carbocycles. The number of hydrogen-bond donors (Lipinski definition) is 1. The van der Waals surface area contributed by atoms with Crippen molar-refractivity contribution >= 4 is 23.2 Å². The first-order chi connectivity index (χ1) is 8.68. The molecule has 2 amide bonds. The summed E-state index contributed by atoms with van der Waals surface area (Å²) in [6, 6.07) is 9.79. The minimum absolute atomic E-state index is 0.194. The molecule has 2 aromatic rings. The molecule has 1 aliphatic heterocycles. The highest BCUT2D eigenvalue weighted by atomic mass is 16.2. The Hall–Kier alpha value is -2.69. The predicted molar refractivity (Wildman–Crippen MR) is 66.2 cm³/mol. The zero-order valence-corrected chi connectivity index (χ0v) is 9.33. The molecule has 5 nitrogen and oxygen atoms in total. The van der Waals surface area contributed by atoms with Crippen LogP contribution in [0.1, 0.15) is 20.8 Å². The van der Waals surface area contributed by atoms with E-state index in [1.807, 2.05) is 0 Å². The van der Waals surface area contributed by atoms with Crippen molar-refractivity contribution in [2.45, 2.75) is 0 Å². The Balaban J connectivity index is 2.09. The molecule has 5 heteroatoms. The normalized spacial score (nSPS) is 13.9. The highest BCUT2D eigenvalue weighted by Gasteiger charge is 2.37. The third-order valence-corrected chi connectivity index (χ3v) is 2.80. The Labute approximate surface area is 103 Å². The number of nitrogen functional groups attached to an aromatic ring is 1. The summed E-state index contributed by atoms with van der Waals surface area (Å²) in [5, 5.41) is 0. The van der Waals surface area contributed by atoms with E-state index in [1.165, 1.54) is 6.20 Å². The van der Waals surface area contributed by atoms with Crippen LogP contribution in [0.4, 0.5) is 11.4 Å². The molecule has 1 aromatic heterocycles. The average molecular weight is 239 g/mol. The van der Waals surface area contributed by atoms with Gasteiger partial charge in [-0.3, -0.25) is 14.6 Å². The van der Waals surface area contributed by atoms with Crippen molar-refractivity contribution in [2.24, 2.45) is 0 Å². The van der Waals surface area contributed by atoms with E-state index in [0.717, 1.165) is 4.90 Å². The summed E-state index contributed by atoms with van der Waals surface area (Å²) in [5.41, 5.74) is 7.18. The number of pyridine rings is 1. The quantitative estimate of drug-likeness (QED) is 0.603. The first kappa shape index (κ1) is 10.5. The molecule has 2 N–H and O–H groups in total. The van der Waals surface area contributed by atoms with Gasteiger partial charge in [0.15, 0.2) is 0 Å². The maximum Gasteiger partial charge on any atom is 0.284 e. The van der Waals surface area contributed by atoms with Gasteiger partial charge in [0.25, 0.3) is 11.8 Å². The molecule has 0 radical (unpaired) electrons. The Kier molecular flexibility index (Phi) is 2.13. The summed E-state index contributed by atoms with van der Waals surface area (Å²) in [6.45, 7) is 0. The average Bonchev–Trinajstić information content (AvgIpc) is 2.64. The number of hydrogen-bond acceptors (Lipinski definition) is 4. The van der Waals surface area contributed by atoms with Gasteiger partial charge in [-0.15, -0.1) is 0 Å². The number of nitrogens with zero attached hydrogens (tertiary/aromatic N) is 2. The fourth-order valence-corrected chi connectivity index (χ4v) is 1.92. The SMILES string of the molecule is Nc1ccc(N2C(=O)c3cccnc3C2=O)cc1. The van der Waals surface area contributed by atoms with Gasteiger partial charge in [0, 0.05) is 11.9 Å². The van der Waals surface area contributed by atoms with Crippen LogP contribution in [0, 0.1) is 0 Å². The molecule has 0 saturated heterocycles. The van der Waals surface area contributed by atoms with E-state index in [-0.39, 0.29) is 11.6 Å². The van der Waals surface area contributed by atoms with Gasteiger partial charge in [-0.05, 0) is 36.4 Å². The summed E-state index contributed by atoms with van der Waals surface area (Å²) in [5.74, 6) is -0.756. The van der Waals surface area contributed by atoms with Crippen LogP contribution in [0.25, 0.3) is 0 Å². The lowest BCUT2D eigenvalue weighted by Crippen LogP contribution is -2.29. The zero-order valence-electron chi connectivity index (χ0n) is 9.33. The van der Waals surface area contributed by atoms with Crippen molar-refractivity contribution in [2.75, 3.05) is 10.6 Å². The molecule has 0 fully saturated rings. The standard InChI is InChI=1S/C13H9N3O2/c14-8-3-5-9(6-4-8)16-12(17)10-2-1-7-15-11(10)13(16)18/h1-7H,14H2. The molecule has 18 heavy (non-hydrogen) atoms. The van der Waals surface area contributed by atoms with E-state index in [9.17, 15) is 9.59 Å². The summed E-state index contributed by atoms with van der Waals surface area (Å²) >= 11 is 0. The monoisotopic (exact) mass is 239 g/mol. The molecule has 88 valence electrons. The summed E-state index contributed by atoms with van der Waals surface area (Å²) in [4.78, 5) is 29.3. The molecule has 3 rings (SSSR count). The minimum atomic E-state index is -0.402. The second-order valence-electron chi connectivity index (χ2n) is 3.94. The number of benzene rings is 1. The second kappa shape index (κ2) is 3.66. The number of anilines is 2. The van der Waals surface area contributed by atoms with Gasteiger partial charge < -0.3 is 5.73 Å². The molecular formula is C13H9N3O2. The van der Waals surface area contributed by atoms with E-state index < -0.39 is 5.91 Å². The van der Waals surface area contributed by atoms with E-state index in [4.69, 9.17) is 5.73 Å². The fraction of sp³-hybridized carbons (Fsp3) is 0. The van der Waals surface area contributed by atoms with Crippen LogP contribution < -0.4 is 10.6 Å². The van der Waals surface area contributed by atoms with Gasteiger partial charge >= 0.3 is 0 Å². The van der Waals surface area contributed by atoms with Gasteiger partial charge in [-0.25, -0.2) is 4.90 Å². The smallest absolute Gasteiger partial charge is 0.284 e. The van der Waals surface area contributed by atoms with Crippen LogP contribution in [-0.2, 0) is 0 Å². The molecule has 1 aromatic carbocycles. The van der Waals surface area contributed by atoms with E-state index in [2.05, 4.69) is 4.98 Å². The van der Waals surface area contributed by atoms with Crippen LogP contribution in [0.2, 0.25) is 0 Å². The van der Waals surface area contributed by atoms with Crippen LogP contribution in [0.15, 0.2) is 42.6 Å². The molecule has 0 saturated carbocycles. The Morgan fingerprint density at radius 3 is 2.39 bits per heavy atom. The van der Waals surface area contributed by atoms with E-state index in [0.29, 0.717) is 16.9 Å². The maximum atomic E-state index is 12.1. The fourth-order valence-electron chi connectivity index (χ4n) is 1.92. The van der Waals surface area contributed by atoms with Crippen molar-refractivity contribution in [3.8, 4) is 0 Å². The number of imide groups is 1. The number of carbonyl (C=O) groups is 2. The molecule has 0 unspecified atom stereocenters. The molecule has 0 atom stereocenters. The molecule has 1 aliphatic rings. The van der Waals surface area contributed by atoms with Crippen LogP contribution in [0.3, 0.4) is 0 Å². The lowest BCUT2D eigenvalue weighted by atomic mass is 10.2. The lowest BCUT2D eigenvalue weighted by Gasteiger charge is -2.13. The van der Waals surface area contributed by atoms with Gasteiger partial charge in [-0.2, -0.15) is 0 Å². The van der Waals surface area contributed by atoms with Crippen molar-refractivity contribution in [3.05, 3.63) is 53.9 Å². The van der Waals surface area contributed by atoms with Crippen LogP contribution in [0.5, 0.6) is 0 Å². The van der Waals surface area contributed by atoms with Crippen molar-refractivity contribution in [1.82, 2.24) is 4.98 Å². The van der Waals surface area contributed by atoms with Crippen molar-refractivity contribution in [3.63, 3.8) is 0 Å². The maximum absolute atomic E-state index is 12.1. The molecule has 0 bridgehead atoms. The van der Waals surface area contributed by atoms with Crippen molar-refractivity contribution in [1.29, 1.82) is 0 Å².